The van der Waals surface area contributed by atoms with Crippen molar-refractivity contribution in [3.63, 3.8) is 0 Å². The Morgan fingerprint density at radius 3 is 2.58 bits per heavy atom. The molecule has 0 aromatic carbocycles. The molecule has 0 bridgehead atoms. The van der Waals surface area contributed by atoms with Crippen molar-refractivity contribution in [1.82, 2.24) is 10.2 Å². The second kappa shape index (κ2) is 6.75. The molecule has 1 heterocycles. The molecule has 4 atom stereocenters. The van der Waals surface area contributed by atoms with Crippen LogP contribution in [0, 0.1) is 5.92 Å². The van der Waals surface area contributed by atoms with Crippen molar-refractivity contribution in [2.24, 2.45) is 5.92 Å². The molecule has 1 fully saturated rings. The molecular formula is C13H24N2O4. The van der Waals surface area contributed by atoms with Crippen molar-refractivity contribution in [2.75, 3.05) is 13.7 Å². The van der Waals surface area contributed by atoms with Gasteiger partial charge in [-0.2, -0.15) is 0 Å². The minimum Gasteiger partial charge on any atom is -0.480 e. The number of carboxylic acid groups (broad SMARTS) is 1. The largest absolute Gasteiger partial charge is 0.480 e. The fourth-order valence-electron chi connectivity index (χ4n) is 2.20. The monoisotopic (exact) mass is 272 g/mol. The van der Waals surface area contributed by atoms with Gasteiger partial charge in [-0.15, -0.1) is 0 Å². The van der Waals surface area contributed by atoms with E-state index in [4.69, 9.17) is 9.84 Å². The zero-order valence-electron chi connectivity index (χ0n) is 12.0. The van der Waals surface area contributed by atoms with Crippen LogP contribution in [-0.4, -0.2) is 53.8 Å². The molecule has 6 heteroatoms. The molecule has 1 aliphatic rings. The summed E-state index contributed by atoms with van der Waals surface area (Å²) in [6.07, 6.45) is 1.10. The Morgan fingerprint density at radius 1 is 1.47 bits per heavy atom. The van der Waals surface area contributed by atoms with E-state index in [1.165, 1.54) is 12.0 Å². The van der Waals surface area contributed by atoms with Gasteiger partial charge in [0.1, 0.15) is 6.04 Å². The third-order valence-electron chi connectivity index (χ3n) is 3.99. The van der Waals surface area contributed by atoms with Crippen LogP contribution in [0.1, 0.15) is 33.6 Å². The summed E-state index contributed by atoms with van der Waals surface area (Å²) in [5, 5.41) is 12.0. The predicted molar refractivity (Wildman–Crippen MR) is 71.0 cm³/mol. The van der Waals surface area contributed by atoms with Crippen LogP contribution in [0.2, 0.25) is 0 Å². The van der Waals surface area contributed by atoms with Gasteiger partial charge >= 0.3 is 12.0 Å². The molecular weight excluding hydrogens is 248 g/mol. The molecule has 1 aliphatic heterocycles. The first-order valence-corrected chi connectivity index (χ1v) is 6.73. The van der Waals surface area contributed by atoms with Crippen molar-refractivity contribution in [2.45, 2.75) is 51.8 Å². The number of hydrogen-bond donors (Lipinski definition) is 2. The van der Waals surface area contributed by atoms with E-state index in [1.54, 1.807) is 0 Å². The Labute approximate surface area is 114 Å². The van der Waals surface area contributed by atoms with E-state index in [-0.39, 0.29) is 18.2 Å². The number of nitrogens with zero attached hydrogens (tertiary/aromatic N) is 1. The lowest BCUT2D eigenvalue weighted by atomic mass is 10.0. The predicted octanol–water partition coefficient (Wildman–Crippen LogP) is 1.30. The van der Waals surface area contributed by atoms with E-state index < -0.39 is 12.0 Å². The van der Waals surface area contributed by atoms with Gasteiger partial charge in [-0.25, -0.2) is 9.59 Å². The van der Waals surface area contributed by atoms with Crippen LogP contribution < -0.4 is 5.32 Å². The number of carbonyl (C=O) groups is 2. The quantitative estimate of drug-likeness (QED) is 0.790. The molecule has 0 aromatic heterocycles. The molecule has 0 aliphatic carbocycles. The highest BCUT2D eigenvalue weighted by molar-refractivity contribution is 5.83. The van der Waals surface area contributed by atoms with Crippen molar-refractivity contribution in [1.29, 1.82) is 0 Å². The Kier molecular flexibility index (Phi) is 5.60. The van der Waals surface area contributed by atoms with Gasteiger partial charge in [-0.3, -0.25) is 0 Å². The fraction of sp³-hybridized carbons (Fsp3) is 0.846. The van der Waals surface area contributed by atoms with Crippen LogP contribution in [0.15, 0.2) is 0 Å². The second-order valence-corrected chi connectivity index (χ2v) is 5.22. The first-order chi connectivity index (χ1) is 8.90. The number of carboxylic acids is 1. The minimum absolute atomic E-state index is 0.0218. The third-order valence-corrected chi connectivity index (χ3v) is 3.99. The van der Waals surface area contributed by atoms with Crippen LogP contribution in [0.25, 0.3) is 0 Å². The van der Waals surface area contributed by atoms with Crippen molar-refractivity contribution in [3.05, 3.63) is 0 Å². The lowest BCUT2D eigenvalue weighted by Crippen LogP contribution is -2.49. The number of aliphatic carboxylic acids is 1. The smallest absolute Gasteiger partial charge is 0.326 e. The Hall–Kier alpha value is -1.30. The number of hydrogen-bond acceptors (Lipinski definition) is 3. The topological polar surface area (TPSA) is 78.9 Å². The standard InChI is InChI=1S/C13H24N2O4/c1-5-8(2)9(3)14-13(18)15-7-10(19-4)6-11(15)12(16)17/h8-11H,5-7H2,1-4H3,(H,14,18)(H,16,17). The van der Waals surface area contributed by atoms with E-state index in [2.05, 4.69) is 19.2 Å². The summed E-state index contributed by atoms with van der Waals surface area (Å²) < 4.78 is 5.16. The molecule has 6 nitrogen and oxygen atoms in total. The first-order valence-electron chi connectivity index (χ1n) is 6.73. The van der Waals surface area contributed by atoms with Crippen LogP contribution in [0.3, 0.4) is 0 Å². The van der Waals surface area contributed by atoms with Gasteiger partial charge in [0.15, 0.2) is 0 Å². The maximum atomic E-state index is 12.1. The van der Waals surface area contributed by atoms with Gasteiger partial charge in [-0.1, -0.05) is 20.3 Å². The number of urea groups is 1. The summed E-state index contributed by atoms with van der Waals surface area (Å²) in [5.74, 6) is -0.626. The Bertz CT molecular complexity index is 335. The fourth-order valence-corrected chi connectivity index (χ4v) is 2.20. The highest BCUT2D eigenvalue weighted by atomic mass is 16.5. The van der Waals surface area contributed by atoms with Gasteiger partial charge in [0.05, 0.1) is 6.10 Å². The van der Waals surface area contributed by atoms with Gasteiger partial charge in [0.2, 0.25) is 0 Å². The SMILES string of the molecule is CCC(C)C(C)NC(=O)N1CC(OC)CC1C(=O)O. The van der Waals surface area contributed by atoms with E-state index in [0.717, 1.165) is 6.42 Å². The average molecular weight is 272 g/mol. The van der Waals surface area contributed by atoms with Gasteiger partial charge in [0.25, 0.3) is 0 Å². The maximum Gasteiger partial charge on any atom is 0.326 e. The number of amides is 2. The number of carbonyl (C=O) groups excluding carboxylic acids is 1. The van der Waals surface area contributed by atoms with Crippen molar-refractivity contribution >= 4 is 12.0 Å². The Morgan fingerprint density at radius 2 is 2.11 bits per heavy atom. The molecule has 1 saturated heterocycles. The summed E-state index contributed by atoms with van der Waals surface area (Å²) in [6.45, 7) is 6.38. The summed E-state index contributed by atoms with van der Waals surface area (Å²) in [5.41, 5.74) is 0. The zero-order chi connectivity index (χ0) is 14.6. The summed E-state index contributed by atoms with van der Waals surface area (Å²) in [7, 11) is 1.53. The number of likely N-dealkylation sites (tertiary alicyclic amines) is 1. The lowest BCUT2D eigenvalue weighted by Gasteiger charge is -2.26. The molecule has 0 aromatic rings. The average Bonchev–Trinajstić information content (AvgIpc) is 2.81. The van der Waals surface area contributed by atoms with Crippen LogP contribution >= 0.6 is 0 Å². The molecule has 0 radical (unpaired) electrons. The highest BCUT2D eigenvalue weighted by Crippen LogP contribution is 2.20. The first kappa shape index (κ1) is 15.8. The van der Waals surface area contributed by atoms with Crippen LogP contribution in [0.4, 0.5) is 4.79 Å². The van der Waals surface area contributed by atoms with E-state index in [0.29, 0.717) is 18.9 Å². The molecule has 4 unspecified atom stereocenters. The number of methoxy groups -OCH3 is 1. The lowest BCUT2D eigenvalue weighted by molar-refractivity contribution is -0.141. The molecule has 1 rings (SSSR count). The van der Waals surface area contributed by atoms with Crippen LogP contribution in [-0.2, 0) is 9.53 Å². The summed E-state index contributed by atoms with van der Waals surface area (Å²) in [6, 6.07) is -1.10. The van der Waals surface area contributed by atoms with Crippen molar-refractivity contribution < 1.29 is 19.4 Å². The van der Waals surface area contributed by atoms with Gasteiger partial charge in [0, 0.05) is 26.1 Å². The maximum absolute atomic E-state index is 12.1. The molecule has 2 amide bonds. The van der Waals surface area contributed by atoms with Crippen molar-refractivity contribution in [3.8, 4) is 0 Å². The second-order valence-electron chi connectivity index (χ2n) is 5.22. The molecule has 2 N–H and O–H groups in total. The van der Waals surface area contributed by atoms with Gasteiger partial charge < -0.3 is 20.1 Å². The third kappa shape index (κ3) is 3.83. The summed E-state index contributed by atoms with van der Waals surface area (Å²) >= 11 is 0. The molecule has 0 spiro atoms. The highest BCUT2D eigenvalue weighted by Gasteiger charge is 2.40. The van der Waals surface area contributed by atoms with E-state index >= 15 is 0 Å². The van der Waals surface area contributed by atoms with E-state index in [9.17, 15) is 9.59 Å². The van der Waals surface area contributed by atoms with Gasteiger partial charge in [-0.05, 0) is 12.8 Å². The normalized spacial score (nSPS) is 26.0. The molecule has 0 saturated carbocycles. The number of rotatable bonds is 5. The minimum atomic E-state index is -0.981. The van der Waals surface area contributed by atoms with Crippen LogP contribution in [0.5, 0.6) is 0 Å². The van der Waals surface area contributed by atoms with E-state index in [1.807, 2.05) is 6.92 Å². The number of nitrogens with one attached hydrogen (secondary N) is 1. The summed E-state index contributed by atoms with van der Waals surface area (Å²) in [4.78, 5) is 24.7. The Balaban J connectivity index is 2.66. The number of ether oxygens (including phenoxy) is 1. The zero-order valence-corrected chi connectivity index (χ0v) is 12.0. The molecule has 19 heavy (non-hydrogen) atoms. The molecule has 110 valence electrons.